The van der Waals surface area contributed by atoms with Crippen LogP contribution in [0.5, 0.6) is 11.8 Å². The molecule has 0 amide bonds. The summed E-state index contributed by atoms with van der Waals surface area (Å²) in [6.45, 7) is 2.74. The summed E-state index contributed by atoms with van der Waals surface area (Å²) in [7, 11) is 1.75. The molecule has 48 heavy (non-hydrogen) atoms. The van der Waals surface area contributed by atoms with E-state index in [9.17, 15) is 9.50 Å². The predicted molar refractivity (Wildman–Crippen MR) is 177 cm³/mol. The van der Waals surface area contributed by atoms with E-state index < -0.39 is 23.3 Å². The van der Waals surface area contributed by atoms with Crippen molar-refractivity contribution in [1.82, 2.24) is 30.0 Å². The number of alkyl halides is 1. The van der Waals surface area contributed by atoms with Crippen molar-refractivity contribution < 1.29 is 23.0 Å². The third kappa shape index (κ3) is 4.44. The lowest BCUT2D eigenvalue weighted by atomic mass is 9.91. The number of phenolic OH excluding ortho intramolecular Hbond substituents is 1. The number of hydrogen-bond acceptors (Lipinski definition) is 8. The molecule has 246 valence electrons. The monoisotopic (exact) mass is 653 g/mol. The Morgan fingerprint density at radius 3 is 2.71 bits per heavy atom. The molecule has 12 heteroatoms. The minimum absolute atomic E-state index is 0.0103. The number of halogens is 3. The van der Waals surface area contributed by atoms with Gasteiger partial charge in [-0.15, -0.1) is 6.42 Å². The molecule has 4 fully saturated rings. The average Bonchev–Trinajstić information content (AvgIpc) is 3.81. The number of aromatic nitrogens is 4. The van der Waals surface area contributed by atoms with Gasteiger partial charge in [0.05, 0.1) is 16.5 Å². The Labute approximate surface area is 274 Å². The molecule has 4 atom stereocenters. The zero-order chi connectivity index (χ0) is 32.9. The van der Waals surface area contributed by atoms with E-state index in [2.05, 4.69) is 26.1 Å². The van der Waals surface area contributed by atoms with E-state index >= 15 is 8.78 Å². The van der Waals surface area contributed by atoms with E-state index in [-0.39, 0.29) is 58.0 Å². The third-order valence-electron chi connectivity index (χ3n) is 10.8. The minimum Gasteiger partial charge on any atom is -0.508 e. The highest BCUT2D eigenvalue weighted by molar-refractivity contribution is 6.18. The van der Waals surface area contributed by atoms with Gasteiger partial charge in [-0.1, -0.05) is 12.0 Å². The molecule has 4 aliphatic rings. The van der Waals surface area contributed by atoms with Crippen molar-refractivity contribution in [2.24, 2.45) is 7.05 Å². The first-order valence-corrected chi connectivity index (χ1v) is 16.5. The van der Waals surface area contributed by atoms with Crippen LogP contribution in [0.3, 0.4) is 0 Å². The zero-order valence-electron chi connectivity index (χ0n) is 26.4. The summed E-state index contributed by atoms with van der Waals surface area (Å²) < 4.78 is 55.1. The number of benzene rings is 3. The second kappa shape index (κ2) is 10.7. The molecular weight excluding hydrogens is 619 g/mol. The highest BCUT2D eigenvalue weighted by Gasteiger charge is 2.49. The average molecular weight is 654 g/mol. The summed E-state index contributed by atoms with van der Waals surface area (Å²) in [5.74, 6) is 1.48. The Bertz CT molecular complexity index is 2190. The molecule has 0 saturated carbocycles. The van der Waals surface area contributed by atoms with Crippen molar-refractivity contribution in [3.63, 3.8) is 0 Å². The summed E-state index contributed by atoms with van der Waals surface area (Å²) in [4.78, 5) is 14.0. The van der Waals surface area contributed by atoms with Gasteiger partial charge in [0.25, 0.3) is 0 Å². The van der Waals surface area contributed by atoms with Crippen molar-refractivity contribution in [3.8, 4) is 35.2 Å². The molecule has 4 saturated heterocycles. The van der Waals surface area contributed by atoms with Gasteiger partial charge < -0.3 is 20.1 Å². The van der Waals surface area contributed by atoms with Crippen LogP contribution in [0.15, 0.2) is 30.5 Å². The van der Waals surface area contributed by atoms with E-state index in [4.69, 9.17) is 21.1 Å². The molecule has 9 nitrogen and oxygen atoms in total. The molecule has 2 N–H and O–H groups in total. The number of anilines is 1. The zero-order valence-corrected chi connectivity index (χ0v) is 26.4. The number of ether oxygens (including phenoxy) is 1. The number of nitrogens with one attached hydrogen (secondary N) is 1. The van der Waals surface area contributed by atoms with Gasteiger partial charge in [0.1, 0.15) is 41.2 Å². The second-order valence-corrected chi connectivity index (χ2v) is 13.9. The smallest absolute Gasteiger partial charge is 0.319 e. The fourth-order valence-corrected chi connectivity index (χ4v) is 8.83. The summed E-state index contributed by atoms with van der Waals surface area (Å²) in [5.41, 5.74) is 0.0652. The molecular formula is C36H34F3N7O2. The predicted octanol–water partition coefficient (Wildman–Crippen LogP) is 5.20. The van der Waals surface area contributed by atoms with Crippen LogP contribution >= 0.6 is 0 Å². The van der Waals surface area contributed by atoms with Gasteiger partial charge in [-0.3, -0.25) is 9.58 Å². The second-order valence-electron chi connectivity index (χ2n) is 13.9. The van der Waals surface area contributed by atoms with Gasteiger partial charge in [-0.2, -0.15) is 15.1 Å². The van der Waals surface area contributed by atoms with Crippen LogP contribution in [0.1, 0.15) is 37.7 Å². The maximum absolute atomic E-state index is 17.5. The van der Waals surface area contributed by atoms with Gasteiger partial charge in [-0.25, -0.2) is 13.2 Å². The van der Waals surface area contributed by atoms with Crippen LogP contribution in [-0.4, -0.2) is 86.3 Å². The molecule has 3 unspecified atom stereocenters. The van der Waals surface area contributed by atoms with Gasteiger partial charge in [0.2, 0.25) is 0 Å². The Morgan fingerprint density at radius 1 is 1.10 bits per heavy atom. The van der Waals surface area contributed by atoms with Crippen molar-refractivity contribution >= 4 is 38.4 Å². The lowest BCUT2D eigenvalue weighted by molar-refractivity contribution is 0.107. The highest BCUT2D eigenvalue weighted by atomic mass is 19.1. The summed E-state index contributed by atoms with van der Waals surface area (Å²) in [6.07, 6.45) is 10.9. The summed E-state index contributed by atoms with van der Waals surface area (Å²) >= 11 is 0. The summed E-state index contributed by atoms with van der Waals surface area (Å²) in [6, 6.07) is 6.14. The molecule has 0 radical (unpaired) electrons. The first-order valence-electron chi connectivity index (χ1n) is 16.5. The van der Waals surface area contributed by atoms with Crippen LogP contribution in [0.4, 0.5) is 19.0 Å². The topological polar surface area (TPSA) is 91.6 Å². The van der Waals surface area contributed by atoms with Gasteiger partial charge in [-0.05, 0) is 61.4 Å². The fraction of sp³-hybridized carbons (Fsp3) is 0.417. The van der Waals surface area contributed by atoms with Gasteiger partial charge >= 0.3 is 6.01 Å². The SMILES string of the molecule is C#Cc1c(F)ccc2cc(O)cc(-c3c(F)c4nc(OCC56CCCN5C[C@H](F)C6)nc(N5CC6CCC(C5)N6)c4c4cn(C)nc34)c12. The van der Waals surface area contributed by atoms with E-state index in [0.29, 0.717) is 53.5 Å². The Balaban J connectivity index is 1.30. The molecule has 4 aliphatic heterocycles. The van der Waals surface area contributed by atoms with Crippen LogP contribution < -0.4 is 15.0 Å². The van der Waals surface area contributed by atoms with Gasteiger partial charge in [0.15, 0.2) is 5.82 Å². The van der Waals surface area contributed by atoms with Crippen molar-refractivity contribution in [2.45, 2.75) is 55.9 Å². The fourth-order valence-electron chi connectivity index (χ4n) is 8.83. The normalized spacial score (nSPS) is 25.4. The molecule has 0 aliphatic carbocycles. The van der Waals surface area contributed by atoms with Crippen LogP contribution in [0.25, 0.3) is 43.7 Å². The first-order chi connectivity index (χ1) is 23.2. The number of rotatable bonds is 5. The number of nitrogens with zero attached hydrogens (tertiary/aromatic N) is 6. The van der Waals surface area contributed by atoms with Crippen molar-refractivity contribution in [1.29, 1.82) is 0 Å². The number of aryl methyl sites for hydroxylation is 1. The van der Waals surface area contributed by atoms with E-state index in [1.165, 1.54) is 24.3 Å². The van der Waals surface area contributed by atoms with Gasteiger partial charge in [0, 0.05) is 67.7 Å². The minimum atomic E-state index is -0.924. The van der Waals surface area contributed by atoms with E-state index in [1.54, 1.807) is 17.9 Å². The van der Waals surface area contributed by atoms with E-state index in [1.807, 2.05) is 0 Å². The van der Waals surface area contributed by atoms with Crippen LogP contribution in [0, 0.1) is 24.0 Å². The highest BCUT2D eigenvalue weighted by Crippen LogP contribution is 2.46. The number of phenols is 1. The molecule has 2 bridgehead atoms. The number of aromatic hydroxyl groups is 1. The molecule has 6 heterocycles. The number of piperazine rings is 1. The van der Waals surface area contributed by atoms with Crippen molar-refractivity contribution in [2.75, 3.05) is 37.7 Å². The largest absolute Gasteiger partial charge is 0.508 e. The molecule has 0 spiro atoms. The standard InChI is InChI=1S/C36H34F3N7O2/c1-3-24-27(38)8-5-19-11-23(47)12-25(28(19)24)29-31(39)33-30(26-17-44(2)43-32(26)29)34(45-15-21-6-7-22(16-45)40-21)42-35(41-33)48-18-36-9-4-10-46(36)14-20(37)13-36/h1,5,8,11-12,17,20-22,40,47H,4,6-7,9-10,13-16,18H2,2H3/t20-,21?,22?,36?/m1/s1. The van der Waals surface area contributed by atoms with E-state index in [0.717, 1.165) is 32.2 Å². The molecule has 3 aromatic carbocycles. The molecule has 2 aromatic heterocycles. The van der Waals surface area contributed by atoms with Crippen LogP contribution in [0.2, 0.25) is 0 Å². The Morgan fingerprint density at radius 2 is 1.92 bits per heavy atom. The Hall–Kier alpha value is -4.60. The maximum Gasteiger partial charge on any atom is 0.319 e. The molecule has 5 aromatic rings. The quantitative estimate of drug-likeness (QED) is 0.251. The molecule has 9 rings (SSSR count). The Kier molecular flexibility index (Phi) is 6.59. The lowest BCUT2D eigenvalue weighted by Crippen LogP contribution is -2.51. The summed E-state index contributed by atoms with van der Waals surface area (Å²) in [5, 5.41) is 20.9. The number of terminal acetylenes is 1. The lowest BCUT2D eigenvalue weighted by Gasteiger charge is -2.35. The first kappa shape index (κ1) is 29.5. The number of fused-ring (bicyclic) bond motifs is 7. The third-order valence-corrected chi connectivity index (χ3v) is 10.8. The number of hydrogen-bond donors (Lipinski definition) is 2. The maximum atomic E-state index is 17.5. The van der Waals surface area contributed by atoms with Crippen molar-refractivity contribution in [3.05, 3.63) is 47.7 Å². The van der Waals surface area contributed by atoms with Crippen LogP contribution in [-0.2, 0) is 7.05 Å².